The van der Waals surface area contributed by atoms with Crippen molar-refractivity contribution in [1.82, 2.24) is 10.2 Å². The summed E-state index contributed by atoms with van der Waals surface area (Å²) in [7, 11) is 0. The maximum atomic E-state index is 14.0. The number of thioether (sulfide) groups is 1. The summed E-state index contributed by atoms with van der Waals surface area (Å²) in [5.74, 6) is -0.658. The van der Waals surface area contributed by atoms with Crippen molar-refractivity contribution in [3.05, 3.63) is 29.6 Å². The minimum absolute atomic E-state index is 0.134. The first-order valence-electron chi connectivity index (χ1n) is 8.32. The van der Waals surface area contributed by atoms with Crippen molar-refractivity contribution in [2.75, 3.05) is 38.6 Å². The predicted octanol–water partition coefficient (Wildman–Crippen LogP) is 2.35. The van der Waals surface area contributed by atoms with E-state index in [1.54, 1.807) is 12.1 Å². The van der Waals surface area contributed by atoms with E-state index in [0.717, 1.165) is 24.9 Å². The first kappa shape index (κ1) is 19.9. The summed E-state index contributed by atoms with van der Waals surface area (Å²) in [4.78, 5) is 26.0. The van der Waals surface area contributed by atoms with Gasteiger partial charge in [0.1, 0.15) is 5.82 Å². The number of ether oxygens (including phenoxy) is 1. The third-order valence-electron chi connectivity index (χ3n) is 4.28. The van der Waals surface area contributed by atoms with E-state index in [1.807, 2.05) is 0 Å². The fourth-order valence-corrected chi connectivity index (χ4v) is 3.38. The maximum absolute atomic E-state index is 14.0. The Kier molecular flexibility index (Phi) is 6.98. The molecule has 1 N–H and O–H groups in total. The minimum Gasteiger partial charge on any atom is -0.379 e. The molecule has 0 radical (unpaired) electrons. The summed E-state index contributed by atoms with van der Waals surface area (Å²) >= 11 is 1.13. The highest BCUT2D eigenvalue weighted by atomic mass is 32.2. The van der Waals surface area contributed by atoms with Crippen LogP contribution < -0.4 is 5.32 Å². The van der Waals surface area contributed by atoms with E-state index in [9.17, 15) is 14.0 Å². The van der Waals surface area contributed by atoms with Gasteiger partial charge in [-0.25, -0.2) is 4.39 Å². The molecule has 2 rings (SSSR count). The number of hydrogen-bond acceptors (Lipinski definition) is 5. The highest BCUT2D eigenvalue weighted by molar-refractivity contribution is 8.00. The molecule has 1 aliphatic rings. The molecule has 1 heterocycles. The Morgan fingerprint density at radius 1 is 1.32 bits per heavy atom. The lowest BCUT2D eigenvalue weighted by molar-refractivity contribution is -0.119. The van der Waals surface area contributed by atoms with Crippen LogP contribution in [0.3, 0.4) is 0 Å². The van der Waals surface area contributed by atoms with Gasteiger partial charge in [0.25, 0.3) is 0 Å². The number of carbonyl (C=O) groups excluding carboxylic acids is 2. The molecule has 1 fully saturated rings. The molecule has 1 saturated heterocycles. The molecule has 0 bridgehead atoms. The van der Waals surface area contributed by atoms with Gasteiger partial charge in [0.15, 0.2) is 5.78 Å². The fraction of sp³-hybridized carbons (Fsp3) is 0.556. The van der Waals surface area contributed by atoms with Gasteiger partial charge in [-0.3, -0.25) is 14.5 Å². The van der Waals surface area contributed by atoms with Gasteiger partial charge in [-0.05, 0) is 32.9 Å². The second-order valence-corrected chi connectivity index (χ2v) is 7.70. The standard InChI is InChI=1S/C18H25FN2O3S/c1-13(22)14-4-5-16(15(19)10-14)25-11-17(23)20-12-18(2,3)21-6-8-24-9-7-21/h4-5,10H,6-9,11-12H2,1-3H3,(H,20,23). The number of nitrogens with one attached hydrogen (secondary N) is 1. The number of halogens is 1. The van der Waals surface area contributed by atoms with E-state index in [-0.39, 0.29) is 23.0 Å². The molecule has 1 aromatic carbocycles. The van der Waals surface area contributed by atoms with E-state index in [2.05, 4.69) is 24.1 Å². The van der Waals surface area contributed by atoms with Gasteiger partial charge < -0.3 is 10.1 Å². The monoisotopic (exact) mass is 368 g/mol. The Labute approximate surface area is 152 Å². The lowest BCUT2D eigenvalue weighted by Crippen LogP contribution is -2.55. The molecule has 0 saturated carbocycles. The third kappa shape index (κ3) is 5.80. The number of amides is 1. The molecular formula is C18H25FN2O3S. The molecule has 0 aromatic heterocycles. The number of morpholine rings is 1. The Bertz CT molecular complexity index is 631. The predicted molar refractivity (Wildman–Crippen MR) is 96.6 cm³/mol. The lowest BCUT2D eigenvalue weighted by atomic mass is 10.0. The first-order valence-corrected chi connectivity index (χ1v) is 9.31. The molecule has 1 aliphatic heterocycles. The van der Waals surface area contributed by atoms with Crippen LogP contribution in [-0.4, -0.2) is 60.7 Å². The molecule has 1 amide bonds. The van der Waals surface area contributed by atoms with Crippen LogP contribution in [0.1, 0.15) is 31.1 Å². The Morgan fingerprint density at radius 2 is 2.00 bits per heavy atom. The molecule has 0 spiro atoms. The normalized spacial score (nSPS) is 15.8. The number of hydrogen-bond donors (Lipinski definition) is 1. The van der Waals surface area contributed by atoms with Crippen molar-refractivity contribution in [2.24, 2.45) is 0 Å². The van der Waals surface area contributed by atoms with Gasteiger partial charge in [0, 0.05) is 35.6 Å². The van der Waals surface area contributed by atoms with Crippen LogP contribution >= 0.6 is 11.8 Å². The van der Waals surface area contributed by atoms with Crippen molar-refractivity contribution in [1.29, 1.82) is 0 Å². The fourth-order valence-electron chi connectivity index (χ4n) is 2.63. The molecule has 7 heteroatoms. The van der Waals surface area contributed by atoms with E-state index >= 15 is 0 Å². The first-order chi connectivity index (χ1) is 11.8. The van der Waals surface area contributed by atoms with Gasteiger partial charge in [-0.2, -0.15) is 0 Å². The van der Waals surface area contributed by atoms with Gasteiger partial charge in [0.05, 0.1) is 19.0 Å². The van der Waals surface area contributed by atoms with Gasteiger partial charge >= 0.3 is 0 Å². The Balaban J connectivity index is 1.81. The molecule has 0 atom stereocenters. The summed E-state index contributed by atoms with van der Waals surface area (Å²) in [5, 5.41) is 2.92. The summed E-state index contributed by atoms with van der Waals surface area (Å²) in [5.41, 5.74) is 0.178. The van der Waals surface area contributed by atoms with Crippen LogP contribution in [0, 0.1) is 5.82 Å². The van der Waals surface area contributed by atoms with E-state index in [0.29, 0.717) is 30.2 Å². The number of benzene rings is 1. The van der Waals surface area contributed by atoms with Crippen molar-refractivity contribution < 1.29 is 18.7 Å². The van der Waals surface area contributed by atoms with Crippen LogP contribution in [0.2, 0.25) is 0 Å². The molecule has 1 aromatic rings. The summed E-state index contributed by atoms with van der Waals surface area (Å²) < 4.78 is 19.3. The SMILES string of the molecule is CC(=O)c1ccc(SCC(=O)NCC(C)(C)N2CCOCC2)c(F)c1. The van der Waals surface area contributed by atoms with E-state index < -0.39 is 5.82 Å². The molecule has 0 aliphatic carbocycles. The Morgan fingerprint density at radius 3 is 2.60 bits per heavy atom. The number of rotatable bonds is 7. The lowest BCUT2D eigenvalue weighted by Gasteiger charge is -2.40. The van der Waals surface area contributed by atoms with Gasteiger partial charge in [-0.15, -0.1) is 11.8 Å². The summed E-state index contributed by atoms with van der Waals surface area (Å²) in [6, 6.07) is 4.33. The average Bonchev–Trinajstić information content (AvgIpc) is 2.59. The van der Waals surface area contributed by atoms with Crippen LogP contribution in [0.5, 0.6) is 0 Å². The van der Waals surface area contributed by atoms with Crippen molar-refractivity contribution in [3.63, 3.8) is 0 Å². The van der Waals surface area contributed by atoms with Crippen LogP contribution in [0.4, 0.5) is 4.39 Å². The van der Waals surface area contributed by atoms with Crippen molar-refractivity contribution in [2.45, 2.75) is 31.2 Å². The summed E-state index contributed by atoms with van der Waals surface area (Å²) in [6.45, 7) is 9.23. The van der Waals surface area contributed by atoms with E-state index in [4.69, 9.17) is 4.74 Å². The van der Waals surface area contributed by atoms with Crippen molar-refractivity contribution in [3.8, 4) is 0 Å². The minimum atomic E-state index is -0.473. The molecule has 5 nitrogen and oxygen atoms in total. The van der Waals surface area contributed by atoms with Gasteiger partial charge in [0.2, 0.25) is 5.91 Å². The second-order valence-electron chi connectivity index (χ2n) is 6.68. The average molecular weight is 368 g/mol. The largest absolute Gasteiger partial charge is 0.379 e. The zero-order chi connectivity index (χ0) is 18.4. The van der Waals surface area contributed by atoms with Crippen molar-refractivity contribution >= 4 is 23.5 Å². The molecular weight excluding hydrogens is 343 g/mol. The highest BCUT2D eigenvalue weighted by Gasteiger charge is 2.28. The third-order valence-corrected chi connectivity index (χ3v) is 5.33. The second kappa shape index (κ2) is 8.78. The van der Waals surface area contributed by atoms with Crippen LogP contribution in [0.25, 0.3) is 0 Å². The topological polar surface area (TPSA) is 58.6 Å². The summed E-state index contributed by atoms with van der Waals surface area (Å²) in [6.07, 6.45) is 0. The molecule has 0 unspecified atom stereocenters. The molecule has 25 heavy (non-hydrogen) atoms. The number of Topliss-reactive ketones (excluding diaryl/α,β-unsaturated/α-hetero) is 1. The Hall–Kier alpha value is -1.44. The highest BCUT2D eigenvalue weighted by Crippen LogP contribution is 2.23. The zero-order valence-electron chi connectivity index (χ0n) is 14.9. The van der Waals surface area contributed by atoms with E-state index in [1.165, 1.54) is 13.0 Å². The molecule has 138 valence electrons. The number of carbonyl (C=O) groups is 2. The quantitative estimate of drug-likeness (QED) is 0.591. The van der Waals surface area contributed by atoms with Gasteiger partial charge in [-0.1, -0.05) is 6.07 Å². The smallest absolute Gasteiger partial charge is 0.230 e. The number of ketones is 1. The maximum Gasteiger partial charge on any atom is 0.230 e. The van der Waals surface area contributed by atoms with Crippen LogP contribution in [-0.2, 0) is 9.53 Å². The van der Waals surface area contributed by atoms with Crippen LogP contribution in [0.15, 0.2) is 23.1 Å². The zero-order valence-corrected chi connectivity index (χ0v) is 15.7. The number of nitrogens with zero attached hydrogens (tertiary/aromatic N) is 1.